The highest BCUT2D eigenvalue weighted by Gasteiger charge is 2.00. The van der Waals surface area contributed by atoms with Crippen LogP contribution in [0.15, 0.2) is 30.5 Å². The van der Waals surface area contributed by atoms with Crippen molar-refractivity contribution in [2.24, 2.45) is 0 Å². The van der Waals surface area contributed by atoms with Gasteiger partial charge in [-0.05, 0) is 31.2 Å². The van der Waals surface area contributed by atoms with E-state index in [1.807, 2.05) is 13.0 Å². The van der Waals surface area contributed by atoms with Gasteiger partial charge in [0.1, 0.15) is 11.6 Å². The summed E-state index contributed by atoms with van der Waals surface area (Å²) in [6.07, 6.45) is 1.73. The van der Waals surface area contributed by atoms with Gasteiger partial charge in [0, 0.05) is 11.9 Å². The number of aromatic nitrogens is 2. The molecule has 0 aliphatic carbocycles. The van der Waals surface area contributed by atoms with Gasteiger partial charge in [-0.3, -0.25) is 0 Å². The number of aryl methyl sites for hydroxylation is 1. The fourth-order valence-electron chi connectivity index (χ4n) is 1.41. The standard InChI is InChI=1S/C12H12ClN3O/c1-8-14-5-4-10(16-8)7-15-9-2-3-12(17)11(13)6-9/h2-6,15,17H,7H2,1H3. The van der Waals surface area contributed by atoms with Gasteiger partial charge in [0.25, 0.3) is 0 Å². The van der Waals surface area contributed by atoms with Crippen LogP contribution in [0.3, 0.4) is 0 Å². The number of hydrogen-bond acceptors (Lipinski definition) is 4. The van der Waals surface area contributed by atoms with Crippen molar-refractivity contribution >= 4 is 17.3 Å². The van der Waals surface area contributed by atoms with Crippen LogP contribution in [-0.2, 0) is 6.54 Å². The van der Waals surface area contributed by atoms with Gasteiger partial charge in [0.2, 0.25) is 0 Å². The van der Waals surface area contributed by atoms with E-state index >= 15 is 0 Å². The molecule has 1 aromatic carbocycles. The van der Waals surface area contributed by atoms with Gasteiger partial charge in [0.15, 0.2) is 0 Å². The molecule has 1 heterocycles. The summed E-state index contributed by atoms with van der Waals surface area (Å²) in [6, 6.07) is 6.83. The van der Waals surface area contributed by atoms with Crippen LogP contribution in [0.25, 0.3) is 0 Å². The summed E-state index contributed by atoms with van der Waals surface area (Å²) in [6.45, 7) is 2.44. The van der Waals surface area contributed by atoms with E-state index in [0.29, 0.717) is 11.6 Å². The predicted octanol–water partition coefficient (Wildman–Crippen LogP) is 2.76. The lowest BCUT2D eigenvalue weighted by atomic mass is 10.3. The molecule has 0 aliphatic heterocycles. The fraction of sp³-hybridized carbons (Fsp3) is 0.167. The SMILES string of the molecule is Cc1nccc(CNc2ccc(O)c(Cl)c2)n1. The van der Waals surface area contributed by atoms with Crippen molar-refractivity contribution in [3.05, 3.63) is 47.0 Å². The molecule has 1 aromatic heterocycles. The van der Waals surface area contributed by atoms with Gasteiger partial charge >= 0.3 is 0 Å². The van der Waals surface area contributed by atoms with Gasteiger partial charge in [-0.2, -0.15) is 0 Å². The second-order valence-corrected chi connectivity index (χ2v) is 4.02. The molecule has 0 unspecified atom stereocenters. The Kier molecular flexibility index (Phi) is 3.44. The van der Waals surface area contributed by atoms with Crippen LogP contribution >= 0.6 is 11.6 Å². The lowest BCUT2D eigenvalue weighted by Crippen LogP contribution is -2.03. The van der Waals surface area contributed by atoms with Crippen molar-refractivity contribution in [2.75, 3.05) is 5.32 Å². The predicted molar refractivity (Wildman–Crippen MR) is 67.2 cm³/mol. The van der Waals surface area contributed by atoms with Crippen molar-refractivity contribution in [1.29, 1.82) is 0 Å². The molecule has 0 aliphatic rings. The molecule has 4 nitrogen and oxygen atoms in total. The Morgan fingerprint density at radius 3 is 2.88 bits per heavy atom. The number of hydrogen-bond donors (Lipinski definition) is 2. The van der Waals surface area contributed by atoms with E-state index in [9.17, 15) is 5.11 Å². The number of phenols is 1. The maximum atomic E-state index is 9.29. The zero-order valence-electron chi connectivity index (χ0n) is 9.31. The monoisotopic (exact) mass is 249 g/mol. The second-order valence-electron chi connectivity index (χ2n) is 3.61. The van der Waals surface area contributed by atoms with Crippen LogP contribution in [0.1, 0.15) is 11.5 Å². The quantitative estimate of drug-likeness (QED) is 0.822. The summed E-state index contributed by atoms with van der Waals surface area (Å²) < 4.78 is 0. The minimum Gasteiger partial charge on any atom is -0.506 e. The Morgan fingerprint density at radius 2 is 2.18 bits per heavy atom. The number of aromatic hydroxyl groups is 1. The molecule has 2 N–H and O–H groups in total. The Bertz CT molecular complexity index is 531. The van der Waals surface area contributed by atoms with E-state index in [1.165, 1.54) is 0 Å². The Balaban J connectivity index is 2.05. The summed E-state index contributed by atoms with van der Waals surface area (Å²) in [5, 5.41) is 12.8. The van der Waals surface area contributed by atoms with Crippen molar-refractivity contribution in [3.8, 4) is 5.75 Å². The first-order valence-electron chi connectivity index (χ1n) is 5.16. The van der Waals surface area contributed by atoms with E-state index in [-0.39, 0.29) is 5.75 Å². The highest BCUT2D eigenvalue weighted by molar-refractivity contribution is 6.32. The second kappa shape index (κ2) is 5.01. The van der Waals surface area contributed by atoms with Crippen molar-refractivity contribution < 1.29 is 5.11 Å². The topological polar surface area (TPSA) is 58.0 Å². The van der Waals surface area contributed by atoms with E-state index in [1.54, 1.807) is 24.4 Å². The van der Waals surface area contributed by atoms with E-state index in [2.05, 4.69) is 15.3 Å². The summed E-state index contributed by atoms with van der Waals surface area (Å²) in [4.78, 5) is 8.30. The van der Waals surface area contributed by atoms with E-state index < -0.39 is 0 Å². The number of benzene rings is 1. The molecule has 5 heteroatoms. The lowest BCUT2D eigenvalue weighted by Gasteiger charge is -2.07. The smallest absolute Gasteiger partial charge is 0.134 e. The number of anilines is 1. The first-order valence-corrected chi connectivity index (χ1v) is 5.54. The average molecular weight is 250 g/mol. The van der Waals surface area contributed by atoms with Crippen LogP contribution in [0.5, 0.6) is 5.75 Å². The van der Waals surface area contributed by atoms with Gasteiger partial charge < -0.3 is 10.4 Å². The number of rotatable bonds is 3. The number of nitrogens with one attached hydrogen (secondary N) is 1. The largest absolute Gasteiger partial charge is 0.506 e. The molecule has 0 amide bonds. The van der Waals surface area contributed by atoms with E-state index in [4.69, 9.17) is 11.6 Å². The zero-order chi connectivity index (χ0) is 12.3. The van der Waals surface area contributed by atoms with Gasteiger partial charge in [0.05, 0.1) is 17.3 Å². The molecule has 0 bridgehead atoms. The summed E-state index contributed by atoms with van der Waals surface area (Å²) in [7, 11) is 0. The van der Waals surface area contributed by atoms with Crippen LogP contribution in [-0.4, -0.2) is 15.1 Å². The molecule has 0 fully saturated rings. The molecular weight excluding hydrogens is 238 g/mol. The third-order valence-electron chi connectivity index (χ3n) is 2.26. The molecule has 2 rings (SSSR count). The van der Waals surface area contributed by atoms with Crippen molar-refractivity contribution in [3.63, 3.8) is 0 Å². The van der Waals surface area contributed by atoms with Crippen LogP contribution in [0, 0.1) is 6.92 Å². The molecule has 0 saturated carbocycles. The Morgan fingerprint density at radius 1 is 1.35 bits per heavy atom. The van der Waals surface area contributed by atoms with Crippen molar-refractivity contribution in [1.82, 2.24) is 9.97 Å². The Hall–Kier alpha value is -1.81. The highest BCUT2D eigenvalue weighted by atomic mass is 35.5. The maximum absolute atomic E-state index is 9.29. The van der Waals surface area contributed by atoms with Gasteiger partial charge in [-0.15, -0.1) is 0 Å². The normalized spacial score (nSPS) is 10.2. The summed E-state index contributed by atoms with van der Waals surface area (Å²) in [5.74, 6) is 0.822. The Labute approximate surface area is 104 Å². The van der Waals surface area contributed by atoms with Gasteiger partial charge in [-0.25, -0.2) is 9.97 Å². The first-order chi connectivity index (χ1) is 8.15. The van der Waals surface area contributed by atoms with E-state index in [0.717, 1.165) is 17.2 Å². The molecule has 88 valence electrons. The summed E-state index contributed by atoms with van der Waals surface area (Å²) >= 11 is 5.81. The fourth-order valence-corrected chi connectivity index (χ4v) is 1.59. The maximum Gasteiger partial charge on any atom is 0.134 e. The third kappa shape index (κ3) is 3.07. The number of nitrogens with zero attached hydrogens (tertiary/aromatic N) is 2. The molecule has 2 aromatic rings. The summed E-state index contributed by atoms with van der Waals surface area (Å²) in [5.41, 5.74) is 1.74. The van der Waals surface area contributed by atoms with Crippen LogP contribution in [0.2, 0.25) is 5.02 Å². The van der Waals surface area contributed by atoms with Crippen molar-refractivity contribution in [2.45, 2.75) is 13.5 Å². The molecular formula is C12H12ClN3O. The molecule has 0 saturated heterocycles. The number of halogens is 1. The highest BCUT2D eigenvalue weighted by Crippen LogP contribution is 2.26. The zero-order valence-corrected chi connectivity index (χ0v) is 10.1. The molecule has 0 radical (unpaired) electrons. The third-order valence-corrected chi connectivity index (χ3v) is 2.56. The minimum absolute atomic E-state index is 0.0788. The van der Waals surface area contributed by atoms with Crippen LogP contribution in [0.4, 0.5) is 5.69 Å². The van der Waals surface area contributed by atoms with Gasteiger partial charge in [-0.1, -0.05) is 11.6 Å². The minimum atomic E-state index is 0.0788. The molecule has 17 heavy (non-hydrogen) atoms. The average Bonchev–Trinajstić information content (AvgIpc) is 2.31. The molecule has 0 atom stereocenters. The number of phenolic OH excluding ortho intramolecular Hbond substituents is 1. The first kappa shape index (κ1) is 11.7. The molecule has 0 spiro atoms. The lowest BCUT2D eigenvalue weighted by molar-refractivity contribution is 0.475. The van der Waals surface area contributed by atoms with Crippen LogP contribution < -0.4 is 5.32 Å².